The van der Waals surface area contributed by atoms with E-state index in [2.05, 4.69) is 10.2 Å². The van der Waals surface area contributed by atoms with Gasteiger partial charge in [0.2, 0.25) is 5.89 Å². The number of rotatable bonds is 7. The van der Waals surface area contributed by atoms with Crippen LogP contribution in [0, 0.1) is 0 Å². The average molecular weight is 324 g/mol. The Balaban J connectivity index is 1.46. The molecule has 5 heteroatoms. The molecule has 0 unspecified atom stereocenters. The first kappa shape index (κ1) is 15.5. The lowest BCUT2D eigenvalue weighted by Gasteiger charge is -1.99. The maximum Gasteiger partial charge on any atom is 0.276 e. The van der Waals surface area contributed by atoms with Crippen LogP contribution in [-0.2, 0) is 0 Å². The van der Waals surface area contributed by atoms with E-state index in [0.29, 0.717) is 17.5 Å². The minimum Gasteiger partial charge on any atom is -0.411 e. The number of thioether (sulfide) groups is 1. The van der Waals surface area contributed by atoms with E-state index in [-0.39, 0.29) is 5.78 Å². The molecule has 1 aromatic heterocycles. The van der Waals surface area contributed by atoms with E-state index in [1.165, 1.54) is 11.8 Å². The lowest BCUT2D eigenvalue weighted by atomic mass is 10.1. The van der Waals surface area contributed by atoms with E-state index in [1.54, 1.807) is 0 Å². The van der Waals surface area contributed by atoms with Gasteiger partial charge in [-0.15, -0.1) is 10.2 Å². The monoisotopic (exact) mass is 324 g/mol. The van der Waals surface area contributed by atoms with Crippen molar-refractivity contribution in [2.45, 2.75) is 18.1 Å². The molecule has 0 amide bonds. The van der Waals surface area contributed by atoms with Gasteiger partial charge in [0.1, 0.15) is 0 Å². The number of hydrogen-bond acceptors (Lipinski definition) is 5. The second kappa shape index (κ2) is 7.74. The molecule has 0 aliphatic rings. The van der Waals surface area contributed by atoms with Gasteiger partial charge in [-0.3, -0.25) is 4.79 Å². The van der Waals surface area contributed by atoms with E-state index in [9.17, 15) is 4.79 Å². The number of benzene rings is 2. The Morgan fingerprint density at radius 1 is 0.957 bits per heavy atom. The number of nitrogens with zero attached hydrogens (tertiary/aromatic N) is 2. The Kier molecular flexibility index (Phi) is 5.21. The van der Waals surface area contributed by atoms with Gasteiger partial charge >= 0.3 is 0 Å². The predicted octanol–water partition coefficient (Wildman–Crippen LogP) is 4.49. The largest absolute Gasteiger partial charge is 0.411 e. The van der Waals surface area contributed by atoms with Crippen LogP contribution in [0.2, 0.25) is 0 Å². The Labute approximate surface area is 138 Å². The first-order chi connectivity index (χ1) is 11.3. The Hall–Kier alpha value is -2.40. The average Bonchev–Trinajstić information content (AvgIpc) is 3.09. The zero-order valence-electron chi connectivity index (χ0n) is 12.5. The van der Waals surface area contributed by atoms with Crippen molar-refractivity contribution in [1.82, 2.24) is 10.2 Å². The van der Waals surface area contributed by atoms with Gasteiger partial charge in [0, 0.05) is 23.3 Å². The standard InChI is InChI=1S/C18H16N2O2S/c21-16(14-8-3-1-4-9-14)12-7-13-23-18-20-19-17(22-18)15-10-5-2-6-11-15/h1-6,8-11H,7,12-13H2. The zero-order chi connectivity index (χ0) is 15.9. The molecule has 0 bridgehead atoms. The molecule has 4 nitrogen and oxygen atoms in total. The molecule has 0 saturated carbocycles. The molecule has 0 aliphatic carbocycles. The van der Waals surface area contributed by atoms with Gasteiger partial charge in [0.15, 0.2) is 5.78 Å². The molecule has 2 aromatic carbocycles. The molecule has 0 spiro atoms. The number of aromatic nitrogens is 2. The van der Waals surface area contributed by atoms with Crippen molar-refractivity contribution in [3.05, 3.63) is 66.2 Å². The summed E-state index contributed by atoms with van der Waals surface area (Å²) in [5.41, 5.74) is 1.67. The molecular weight excluding hydrogens is 308 g/mol. The van der Waals surface area contributed by atoms with E-state index in [4.69, 9.17) is 4.42 Å². The molecule has 23 heavy (non-hydrogen) atoms. The zero-order valence-corrected chi connectivity index (χ0v) is 13.3. The Bertz CT molecular complexity index is 757. The van der Waals surface area contributed by atoms with Crippen molar-refractivity contribution in [2.75, 3.05) is 5.75 Å². The summed E-state index contributed by atoms with van der Waals surface area (Å²) in [5, 5.41) is 8.61. The number of carbonyl (C=O) groups is 1. The first-order valence-electron chi connectivity index (χ1n) is 7.43. The van der Waals surface area contributed by atoms with Crippen LogP contribution in [0.15, 0.2) is 70.3 Å². The summed E-state index contributed by atoms with van der Waals surface area (Å²) in [4.78, 5) is 12.0. The van der Waals surface area contributed by atoms with E-state index in [0.717, 1.165) is 23.3 Å². The van der Waals surface area contributed by atoms with E-state index < -0.39 is 0 Å². The minimum atomic E-state index is 0.168. The molecule has 3 rings (SSSR count). The molecule has 0 atom stereocenters. The van der Waals surface area contributed by atoms with E-state index in [1.807, 2.05) is 60.7 Å². The summed E-state index contributed by atoms with van der Waals surface area (Å²) in [6.45, 7) is 0. The summed E-state index contributed by atoms with van der Waals surface area (Å²) in [6, 6.07) is 19.0. The minimum absolute atomic E-state index is 0.168. The summed E-state index contributed by atoms with van der Waals surface area (Å²) in [7, 11) is 0. The van der Waals surface area contributed by atoms with Crippen LogP contribution < -0.4 is 0 Å². The molecule has 0 radical (unpaired) electrons. The van der Waals surface area contributed by atoms with Crippen molar-refractivity contribution < 1.29 is 9.21 Å². The summed E-state index contributed by atoms with van der Waals surface area (Å²) in [6.07, 6.45) is 1.30. The normalized spacial score (nSPS) is 10.6. The highest BCUT2D eigenvalue weighted by molar-refractivity contribution is 7.99. The quantitative estimate of drug-likeness (QED) is 0.364. The third-order valence-electron chi connectivity index (χ3n) is 3.30. The topological polar surface area (TPSA) is 56.0 Å². The number of ketones is 1. The van der Waals surface area contributed by atoms with Crippen molar-refractivity contribution in [3.63, 3.8) is 0 Å². The molecule has 0 fully saturated rings. The van der Waals surface area contributed by atoms with Crippen LogP contribution in [0.5, 0.6) is 0 Å². The van der Waals surface area contributed by atoms with Gasteiger partial charge in [-0.1, -0.05) is 60.3 Å². The van der Waals surface area contributed by atoms with Crippen LogP contribution in [0.3, 0.4) is 0 Å². The van der Waals surface area contributed by atoms with Crippen LogP contribution in [0.4, 0.5) is 0 Å². The maximum absolute atomic E-state index is 12.0. The van der Waals surface area contributed by atoms with Crippen molar-refractivity contribution in [2.24, 2.45) is 0 Å². The van der Waals surface area contributed by atoms with Crippen LogP contribution in [0.1, 0.15) is 23.2 Å². The molecule has 1 heterocycles. The van der Waals surface area contributed by atoms with Gasteiger partial charge < -0.3 is 4.42 Å². The lowest BCUT2D eigenvalue weighted by Crippen LogP contribution is -1.99. The Morgan fingerprint density at radius 3 is 2.39 bits per heavy atom. The third kappa shape index (κ3) is 4.29. The fourth-order valence-electron chi connectivity index (χ4n) is 2.13. The maximum atomic E-state index is 12.0. The molecule has 0 saturated heterocycles. The second-order valence-corrected chi connectivity index (χ2v) is 6.03. The van der Waals surface area contributed by atoms with Crippen LogP contribution >= 0.6 is 11.8 Å². The highest BCUT2D eigenvalue weighted by Gasteiger charge is 2.09. The highest BCUT2D eigenvalue weighted by Crippen LogP contribution is 2.23. The fourth-order valence-corrected chi connectivity index (χ4v) is 2.83. The molecule has 3 aromatic rings. The number of carbonyl (C=O) groups excluding carboxylic acids is 1. The SMILES string of the molecule is O=C(CCCSc1nnc(-c2ccccc2)o1)c1ccccc1. The van der Waals surface area contributed by atoms with Gasteiger partial charge in [-0.05, 0) is 18.6 Å². The fraction of sp³-hybridized carbons (Fsp3) is 0.167. The molecule has 0 N–H and O–H groups in total. The molecule has 0 aliphatic heterocycles. The van der Waals surface area contributed by atoms with Gasteiger partial charge in [-0.25, -0.2) is 0 Å². The second-order valence-electron chi connectivity index (χ2n) is 4.98. The van der Waals surface area contributed by atoms with Gasteiger partial charge in [0.25, 0.3) is 5.22 Å². The predicted molar refractivity (Wildman–Crippen MR) is 90.5 cm³/mol. The Morgan fingerprint density at radius 2 is 1.65 bits per heavy atom. The number of hydrogen-bond donors (Lipinski definition) is 0. The third-order valence-corrected chi connectivity index (χ3v) is 4.20. The highest BCUT2D eigenvalue weighted by atomic mass is 32.2. The van der Waals surface area contributed by atoms with Crippen molar-refractivity contribution in [3.8, 4) is 11.5 Å². The smallest absolute Gasteiger partial charge is 0.276 e. The van der Waals surface area contributed by atoms with Crippen molar-refractivity contribution >= 4 is 17.5 Å². The van der Waals surface area contributed by atoms with Crippen LogP contribution in [0.25, 0.3) is 11.5 Å². The van der Waals surface area contributed by atoms with Gasteiger partial charge in [-0.2, -0.15) is 0 Å². The van der Waals surface area contributed by atoms with Crippen LogP contribution in [-0.4, -0.2) is 21.7 Å². The molecular formula is C18H16N2O2S. The lowest BCUT2D eigenvalue weighted by molar-refractivity contribution is 0.0982. The first-order valence-corrected chi connectivity index (χ1v) is 8.41. The van der Waals surface area contributed by atoms with Crippen molar-refractivity contribution in [1.29, 1.82) is 0 Å². The molecule has 116 valence electrons. The summed E-state index contributed by atoms with van der Waals surface area (Å²) >= 11 is 1.48. The number of Topliss-reactive ketones (excluding diaryl/α,β-unsaturated/α-hetero) is 1. The summed E-state index contributed by atoms with van der Waals surface area (Å²) in [5.74, 6) is 1.46. The van der Waals surface area contributed by atoms with E-state index >= 15 is 0 Å². The summed E-state index contributed by atoms with van der Waals surface area (Å²) < 4.78 is 5.62. The van der Waals surface area contributed by atoms with Gasteiger partial charge in [0.05, 0.1) is 0 Å².